The second-order valence-electron chi connectivity index (χ2n) is 4.62. The highest BCUT2D eigenvalue weighted by Crippen LogP contribution is 2.23. The molecule has 1 N–H and O–H groups in total. The highest BCUT2D eigenvalue weighted by molar-refractivity contribution is 6.32. The van der Waals surface area contributed by atoms with Crippen molar-refractivity contribution in [3.05, 3.63) is 57.9 Å². The van der Waals surface area contributed by atoms with Crippen LogP contribution < -0.4 is 5.32 Å². The Hall–Kier alpha value is -1.87. The molecular formula is C15H15ClN2O. The largest absolute Gasteiger partial charge is 0.319 e. The molecule has 0 saturated heterocycles. The molecule has 0 spiro atoms. The maximum Gasteiger partial charge on any atom is 0.255 e. The average Bonchev–Trinajstić information content (AvgIpc) is 2.32. The third-order valence-electron chi connectivity index (χ3n) is 2.84. The predicted molar refractivity (Wildman–Crippen MR) is 77.9 cm³/mol. The second kappa shape index (κ2) is 5.41. The average molecular weight is 275 g/mol. The van der Waals surface area contributed by atoms with E-state index in [2.05, 4.69) is 10.3 Å². The molecule has 1 aromatic heterocycles. The molecule has 3 nitrogen and oxygen atoms in total. The van der Waals surface area contributed by atoms with E-state index in [-0.39, 0.29) is 5.91 Å². The second-order valence-corrected chi connectivity index (χ2v) is 4.98. The van der Waals surface area contributed by atoms with E-state index >= 15 is 0 Å². The van der Waals surface area contributed by atoms with Gasteiger partial charge in [0.1, 0.15) is 0 Å². The molecule has 0 bridgehead atoms. The molecule has 0 aliphatic rings. The van der Waals surface area contributed by atoms with Crippen LogP contribution in [0.1, 0.15) is 27.0 Å². The topological polar surface area (TPSA) is 42.0 Å². The van der Waals surface area contributed by atoms with Crippen LogP contribution in [-0.2, 0) is 0 Å². The summed E-state index contributed by atoms with van der Waals surface area (Å²) in [5, 5.41) is 3.12. The summed E-state index contributed by atoms with van der Waals surface area (Å²) in [6, 6.07) is 7.53. The zero-order chi connectivity index (χ0) is 14.0. The summed E-state index contributed by atoms with van der Waals surface area (Å²) in [6.45, 7) is 5.81. The number of nitrogens with one attached hydrogen (secondary N) is 1. The van der Waals surface area contributed by atoms with Crippen LogP contribution >= 0.6 is 11.6 Å². The molecule has 1 heterocycles. The fourth-order valence-electron chi connectivity index (χ4n) is 1.97. The van der Waals surface area contributed by atoms with Crippen molar-refractivity contribution < 1.29 is 4.79 Å². The molecule has 1 aromatic carbocycles. The van der Waals surface area contributed by atoms with Crippen LogP contribution in [0.3, 0.4) is 0 Å². The first-order valence-electron chi connectivity index (χ1n) is 5.98. The van der Waals surface area contributed by atoms with Crippen molar-refractivity contribution in [3.63, 3.8) is 0 Å². The van der Waals surface area contributed by atoms with Gasteiger partial charge in [-0.05, 0) is 44.5 Å². The summed E-state index contributed by atoms with van der Waals surface area (Å²) in [5.41, 5.74) is 4.18. The van der Waals surface area contributed by atoms with Crippen LogP contribution in [0.5, 0.6) is 0 Å². The van der Waals surface area contributed by atoms with Gasteiger partial charge in [-0.2, -0.15) is 0 Å². The van der Waals surface area contributed by atoms with Gasteiger partial charge in [-0.1, -0.05) is 28.8 Å². The van der Waals surface area contributed by atoms with Gasteiger partial charge in [0.2, 0.25) is 0 Å². The van der Waals surface area contributed by atoms with E-state index in [0.717, 1.165) is 16.7 Å². The van der Waals surface area contributed by atoms with Gasteiger partial charge in [-0.25, -0.2) is 4.98 Å². The first-order chi connectivity index (χ1) is 8.97. The van der Waals surface area contributed by atoms with Gasteiger partial charge in [-0.15, -0.1) is 0 Å². The van der Waals surface area contributed by atoms with Gasteiger partial charge in [0.05, 0.1) is 5.69 Å². The summed E-state index contributed by atoms with van der Waals surface area (Å²) < 4.78 is 0. The van der Waals surface area contributed by atoms with E-state index in [1.165, 1.54) is 0 Å². The van der Waals surface area contributed by atoms with Crippen LogP contribution in [0.15, 0.2) is 30.5 Å². The van der Waals surface area contributed by atoms with Gasteiger partial charge in [-0.3, -0.25) is 4.79 Å². The van der Waals surface area contributed by atoms with Crippen LogP contribution in [0.2, 0.25) is 5.15 Å². The predicted octanol–water partition coefficient (Wildman–Crippen LogP) is 3.91. The number of carbonyl (C=O) groups is 1. The summed E-state index contributed by atoms with van der Waals surface area (Å²) in [5.74, 6) is -0.176. The molecule has 0 fully saturated rings. The number of rotatable bonds is 2. The quantitative estimate of drug-likeness (QED) is 0.844. The molecular weight excluding hydrogens is 260 g/mol. The van der Waals surface area contributed by atoms with Crippen molar-refractivity contribution in [2.75, 3.05) is 5.32 Å². The highest BCUT2D eigenvalue weighted by atomic mass is 35.5. The number of hydrogen-bond acceptors (Lipinski definition) is 2. The molecule has 19 heavy (non-hydrogen) atoms. The molecule has 98 valence electrons. The summed E-state index contributed by atoms with van der Waals surface area (Å²) >= 11 is 6.00. The summed E-state index contributed by atoms with van der Waals surface area (Å²) in [7, 11) is 0. The van der Waals surface area contributed by atoms with Crippen LogP contribution in [0.4, 0.5) is 5.69 Å². The summed E-state index contributed by atoms with van der Waals surface area (Å²) in [6.07, 6.45) is 1.62. The number of aromatic nitrogens is 1. The first kappa shape index (κ1) is 13.6. The third kappa shape index (κ3) is 3.12. The minimum Gasteiger partial charge on any atom is -0.319 e. The van der Waals surface area contributed by atoms with E-state index in [1.807, 2.05) is 45.0 Å². The summed E-state index contributed by atoms with van der Waals surface area (Å²) in [4.78, 5) is 16.2. The Morgan fingerprint density at radius 3 is 2.37 bits per heavy atom. The van der Waals surface area contributed by atoms with Crippen LogP contribution in [0, 0.1) is 20.8 Å². The van der Waals surface area contributed by atoms with Crippen molar-refractivity contribution >= 4 is 23.2 Å². The van der Waals surface area contributed by atoms with Crippen molar-refractivity contribution in [2.45, 2.75) is 20.8 Å². The van der Waals surface area contributed by atoms with E-state index < -0.39 is 0 Å². The number of benzene rings is 1. The van der Waals surface area contributed by atoms with Crippen LogP contribution in [0.25, 0.3) is 0 Å². The Morgan fingerprint density at radius 1 is 1.16 bits per heavy atom. The number of aryl methyl sites for hydroxylation is 3. The van der Waals surface area contributed by atoms with Gasteiger partial charge in [0.15, 0.2) is 5.15 Å². The zero-order valence-electron chi connectivity index (χ0n) is 11.1. The first-order valence-corrected chi connectivity index (χ1v) is 6.36. The van der Waals surface area contributed by atoms with E-state index in [0.29, 0.717) is 16.4 Å². The number of hydrogen-bond donors (Lipinski definition) is 1. The van der Waals surface area contributed by atoms with Gasteiger partial charge < -0.3 is 5.32 Å². The number of nitrogens with zero attached hydrogens (tertiary/aromatic N) is 1. The number of anilines is 1. The Labute approximate surface area is 117 Å². The SMILES string of the molecule is Cc1cc(C)cc(C(=O)Nc2c(C)ccnc2Cl)c1. The maximum absolute atomic E-state index is 12.2. The number of halogens is 1. The standard InChI is InChI=1S/C15H15ClN2O/c1-9-6-10(2)8-12(7-9)15(19)18-13-11(3)4-5-17-14(13)16/h4-8H,1-3H3,(H,18,19). The number of carbonyl (C=O) groups excluding carboxylic acids is 1. The minimum atomic E-state index is -0.176. The normalized spacial score (nSPS) is 10.3. The molecule has 0 atom stereocenters. The van der Waals surface area contributed by atoms with Crippen molar-refractivity contribution in [1.29, 1.82) is 0 Å². The zero-order valence-corrected chi connectivity index (χ0v) is 11.9. The van der Waals surface area contributed by atoms with Crippen LogP contribution in [-0.4, -0.2) is 10.9 Å². The Kier molecular flexibility index (Phi) is 3.86. The molecule has 4 heteroatoms. The molecule has 1 amide bonds. The molecule has 2 rings (SSSR count). The molecule has 0 radical (unpaired) electrons. The number of pyridine rings is 1. The van der Waals surface area contributed by atoms with Gasteiger partial charge in [0.25, 0.3) is 5.91 Å². The Bertz CT molecular complexity index is 598. The lowest BCUT2D eigenvalue weighted by Gasteiger charge is -2.10. The van der Waals surface area contributed by atoms with Crippen molar-refractivity contribution in [3.8, 4) is 0 Å². The fourth-order valence-corrected chi connectivity index (χ4v) is 2.22. The Morgan fingerprint density at radius 2 is 1.79 bits per heavy atom. The lowest BCUT2D eigenvalue weighted by molar-refractivity contribution is 0.102. The third-order valence-corrected chi connectivity index (χ3v) is 3.12. The minimum absolute atomic E-state index is 0.176. The molecule has 0 aliphatic heterocycles. The van der Waals surface area contributed by atoms with E-state index in [4.69, 9.17) is 11.6 Å². The van der Waals surface area contributed by atoms with Gasteiger partial charge >= 0.3 is 0 Å². The maximum atomic E-state index is 12.2. The lowest BCUT2D eigenvalue weighted by atomic mass is 10.1. The molecule has 2 aromatic rings. The van der Waals surface area contributed by atoms with Crippen molar-refractivity contribution in [1.82, 2.24) is 4.98 Å². The van der Waals surface area contributed by atoms with E-state index in [9.17, 15) is 4.79 Å². The lowest BCUT2D eigenvalue weighted by Crippen LogP contribution is -2.14. The Balaban J connectivity index is 2.31. The molecule has 0 aliphatic carbocycles. The van der Waals surface area contributed by atoms with E-state index in [1.54, 1.807) is 6.20 Å². The van der Waals surface area contributed by atoms with Crippen molar-refractivity contribution in [2.24, 2.45) is 0 Å². The molecule has 0 unspecified atom stereocenters. The molecule has 0 saturated carbocycles. The smallest absolute Gasteiger partial charge is 0.255 e. The monoisotopic (exact) mass is 274 g/mol. The highest BCUT2D eigenvalue weighted by Gasteiger charge is 2.11. The van der Waals surface area contributed by atoms with Gasteiger partial charge in [0, 0.05) is 11.8 Å². The fraction of sp³-hybridized carbons (Fsp3) is 0.200. The number of amides is 1.